The van der Waals surface area contributed by atoms with Gasteiger partial charge in [-0.15, -0.1) is 11.3 Å². The molecule has 4 nitrogen and oxygen atoms in total. The molecular weight excluding hydrogens is 258 g/mol. The summed E-state index contributed by atoms with van der Waals surface area (Å²) in [5.74, 6) is 0.370. The fraction of sp³-hybridized carbons (Fsp3) is 0.429. The number of amides is 1. The third-order valence-corrected chi connectivity index (χ3v) is 4.01. The molecule has 0 aliphatic carbocycles. The fourth-order valence-corrected chi connectivity index (χ4v) is 3.01. The summed E-state index contributed by atoms with van der Waals surface area (Å²) in [6.07, 6.45) is 1.94. The van der Waals surface area contributed by atoms with Crippen LogP contribution in [-0.4, -0.2) is 15.7 Å². The normalized spacial score (nSPS) is 11.0. The molecule has 0 spiro atoms. The number of rotatable bonds is 4. The number of hydrogen-bond acceptors (Lipinski definition) is 3. The van der Waals surface area contributed by atoms with Crippen LogP contribution < -0.4 is 5.32 Å². The molecule has 1 amide bonds. The van der Waals surface area contributed by atoms with E-state index in [-0.39, 0.29) is 5.91 Å². The van der Waals surface area contributed by atoms with Crippen LogP contribution in [0.4, 0.5) is 0 Å². The van der Waals surface area contributed by atoms with Crippen molar-refractivity contribution in [2.24, 2.45) is 7.05 Å². The lowest BCUT2D eigenvalue weighted by Crippen LogP contribution is -2.23. The first-order chi connectivity index (χ1) is 8.99. The Balaban J connectivity index is 2.05. The molecule has 0 aliphatic rings. The Labute approximate surface area is 117 Å². The molecule has 0 aromatic carbocycles. The number of carbonyl (C=O) groups is 1. The SMILES string of the molecule is Cc1nn(C)cc1CNC(=O)c1sccc1C(C)C. The summed E-state index contributed by atoms with van der Waals surface area (Å²) in [6.45, 7) is 6.67. The lowest BCUT2D eigenvalue weighted by Gasteiger charge is -2.07. The molecule has 0 atom stereocenters. The minimum Gasteiger partial charge on any atom is -0.347 e. The topological polar surface area (TPSA) is 46.9 Å². The molecule has 0 bridgehead atoms. The highest BCUT2D eigenvalue weighted by molar-refractivity contribution is 7.12. The first kappa shape index (κ1) is 13.8. The van der Waals surface area contributed by atoms with Crippen LogP contribution in [0.5, 0.6) is 0 Å². The van der Waals surface area contributed by atoms with E-state index < -0.39 is 0 Å². The van der Waals surface area contributed by atoms with Crippen LogP contribution in [-0.2, 0) is 13.6 Å². The van der Waals surface area contributed by atoms with Crippen molar-refractivity contribution in [2.75, 3.05) is 0 Å². The van der Waals surface area contributed by atoms with Crippen LogP contribution in [0.2, 0.25) is 0 Å². The van der Waals surface area contributed by atoms with Crippen molar-refractivity contribution in [3.63, 3.8) is 0 Å². The number of aryl methyl sites for hydroxylation is 2. The average molecular weight is 277 g/mol. The average Bonchev–Trinajstić information content (AvgIpc) is 2.93. The summed E-state index contributed by atoms with van der Waals surface area (Å²) in [5.41, 5.74) is 3.13. The largest absolute Gasteiger partial charge is 0.347 e. The predicted octanol–water partition coefficient (Wildman–Crippen LogP) is 2.84. The van der Waals surface area contributed by atoms with E-state index in [0.717, 1.165) is 21.7 Å². The molecule has 0 saturated heterocycles. The third-order valence-electron chi connectivity index (χ3n) is 3.08. The zero-order valence-electron chi connectivity index (χ0n) is 11.7. The minimum atomic E-state index is 0.00181. The quantitative estimate of drug-likeness (QED) is 0.934. The van der Waals surface area contributed by atoms with E-state index in [2.05, 4.69) is 24.3 Å². The Bertz CT molecular complexity index is 583. The molecule has 2 heterocycles. The maximum Gasteiger partial charge on any atom is 0.261 e. The Kier molecular flexibility index (Phi) is 4.04. The summed E-state index contributed by atoms with van der Waals surface area (Å²) in [7, 11) is 1.88. The summed E-state index contributed by atoms with van der Waals surface area (Å²) in [6, 6.07) is 2.03. The number of nitrogens with zero attached hydrogens (tertiary/aromatic N) is 2. The van der Waals surface area contributed by atoms with Crippen LogP contribution in [0, 0.1) is 6.92 Å². The van der Waals surface area contributed by atoms with Gasteiger partial charge in [-0.1, -0.05) is 13.8 Å². The molecular formula is C14H19N3OS. The second kappa shape index (κ2) is 5.57. The minimum absolute atomic E-state index is 0.00181. The Morgan fingerprint density at radius 3 is 2.84 bits per heavy atom. The van der Waals surface area contributed by atoms with Crippen molar-refractivity contribution in [3.8, 4) is 0 Å². The Morgan fingerprint density at radius 1 is 1.53 bits per heavy atom. The highest BCUT2D eigenvalue weighted by Gasteiger charge is 2.15. The number of aromatic nitrogens is 2. The molecule has 0 aliphatic heterocycles. The molecule has 102 valence electrons. The first-order valence-electron chi connectivity index (χ1n) is 6.33. The van der Waals surface area contributed by atoms with Crippen LogP contribution in [0.1, 0.15) is 46.3 Å². The summed E-state index contributed by atoms with van der Waals surface area (Å²) >= 11 is 1.50. The highest BCUT2D eigenvalue weighted by atomic mass is 32.1. The van der Waals surface area contributed by atoms with Crippen molar-refractivity contribution < 1.29 is 4.79 Å². The lowest BCUT2D eigenvalue weighted by atomic mass is 10.0. The Morgan fingerprint density at radius 2 is 2.26 bits per heavy atom. The smallest absolute Gasteiger partial charge is 0.261 e. The molecule has 0 fully saturated rings. The zero-order chi connectivity index (χ0) is 14.0. The van der Waals surface area contributed by atoms with Gasteiger partial charge < -0.3 is 5.32 Å². The monoisotopic (exact) mass is 277 g/mol. The van der Waals surface area contributed by atoms with E-state index in [9.17, 15) is 4.79 Å². The van der Waals surface area contributed by atoms with Crippen molar-refractivity contribution in [1.29, 1.82) is 0 Å². The van der Waals surface area contributed by atoms with E-state index in [1.54, 1.807) is 4.68 Å². The number of hydrogen-bond donors (Lipinski definition) is 1. The van der Waals surface area contributed by atoms with E-state index in [1.165, 1.54) is 11.3 Å². The lowest BCUT2D eigenvalue weighted by molar-refractivity contribution is 0.0954. The van der Waals surface area contributed by atoms with Gasteiger partial charge in [-0.2, -0.15) is 5.10 Å². The van der Waals surface area contributed by atoms with Gasteiger partial charge in [0.15, 0.2) is 0 Å². The van der Waals surface area contributed by atoms with Gasteiger partial charge in [0.2, 0.25) is 0 Å². The van der Waals surface area contributed by atoms with E-state index >= 15 is 0 Å². The first-order valence-corrected chi connectivity index (χ1v) is 7.21. The second-order valence-corrected chi connectivity index (χ2v) is 5.87. The molecule has 1 N–H and O–H groups in total. The molecule has 19 heavy (non-hydrogen) atoms. The summed E-state index contributed by atoms with van der Waals surface area (Å²) < 4.78 is 1.77. The number of nitrogens with one attached hydrogen (secondary N) is 1. The van der Waals surface area contributed by atoms with Gasteiger partial charge in [-0.05, 0) is 29.9 Å². The fourth-order valence-electron chi connectivity index (χ4n) is 2.04. The van der Waals surface area contributed by atoms with Crippen molar-refractivity contribution in [1.82, 2.24) is 15.1 Å². The molecule has 0 saturated carbocycles. The van der Waals surface area contributed by atoms with E-state index in [1.807, 2.05) is 31.6 Å². The van der Waals surface area contributed by atoms with Crippen LogP contribution >= 0.6 is 11.3 Å². The van der Waals surface area contributed by atoms with E-state index in [0.29, 0.717) is 12.5 Å². The predicted molar refractivity (Wildman–Crippen MR) is 77.5 cm³/mol. The van der Waals surface area contributed by atoms with E-state index in [4.69, 9.17) is 0 Å². The number of carbonyl (C=O) groups excluding carboxylic acids is 1. The Hall–Kier alpha value is -1.62. The van der Waals surface area contributed by atoms with Gasteiger partial charge in [0, 0.05) is 25.4 Å². The maximum absolute atomic E-state index is 12.2. The van der Waals surface area contributed by atoms with Gasteiger partial charge in [0.25, 0.3) is 5.91 Å². The molecule has 2 aromatic rings. The second-order valence-electron chi connectivity index (χ2n) is 4.96. The zero-order valence-corrected chi connectivity index (χ0v) is 12.5. The molecule has 0 radical (unpaired) electrons. The maximum atomic E-state index is 12.2. The van der Waals surface area contributed by atoms with Gasteiger partial charge in [-0.25, -0.2) is 0 Å². The molecule has 2 rings (SSSR count). The van der Waals surface area contributed by atoms with Crippen LogP contribution in [0.25, 0.3) is 0 Å². The van der Waals surface area contributed by atoms with Crippen LogP contribution in [0.15, 0.2) is 17.6 Å². The highest BCUT2D eigenvalue weighted by Crippen LogP contribution is 2.24. The van der Waals surface area contributed by atoms with Gasteiger partial charge in [0.1, 0.15) is 0 Å². The van der Waals surface area contributed by atoms with Crippen molar-refractivity contribution in [2.45, 2.75) is 33.2 Å². The standard InChI is InChI=1S/C14H19N3OS/c1-9(2)12-5-6-19-13(12)14(18)15-7-11-8-17(4)16-10(11)3/h5-6,8-9H,7H2,1-4H3,(H,15,18). The molecule has 0 unspecified atom stereocenters. The van der Waals surface area contributed by atoms with Crippen molar-refractivity contribution >= 4 is 17.2 Å². The molecule has 5 heteroatoms. The molecule has 2 aromatic heterocycles. The van der Waals surface area contributed by atoms with Crippen LogP contribution in [0.3, 0.4) is 0 Å². The summed E-state index contributed by atoms with van der Waals surface area (Å²) in [5, 5.41) is 9.21. The van der Waals surface area contributed by atoms with Gasteiger partial charge >= 0.3 is 0 Å². The third kappa shape index (κ3) is 3.04. The van der Waals surface area contributed by atoms with Gasteiger partial charge in [-0.3, -0.25) is 9.48 Å². The van der Waals surface area contributed by atoms with Crippen molar-refractivity contribution in [3.05, 3.63) is 39.3 Å². The van der Waals surface area contributed by atoms with Gasteiger partial charge in [0.05, 0.1) is 10.6 Å². The summed E-state index contributed by atoms with van der Waals surface area (Å²) in [4.78, 5) is 13.0. The number of thiophene rings is 1.